The molecule has 32 heavy (non-hydrogen) atoms. The molecular formula is C20H16N6O6. The van der Waals surface area contributed by atoms with Gasteiger partial charge in [0.25, 0.3) is 11.6 Å². The van der Waals surface area contributed by atoms with Crippen LogP contribution >= 0.6 is 0 Å². The largest absolute Gasteiger partial charge is 0.493 e. The maximum Gasteiger partial charge on any atom is 0.332 e. The molecule has 162 valence electrons. The molecule has 12 heteroatoms. The van der Waals surface area contributed by atoms with Gasteiger partial charge >= 0.3 is 5.69 Å². The lowest BCUT2D eigenvalue weighted by Gasteiger charge is -2.10. The Morgan fingerprint density at radius 3 is 2.50 bits per heavy atom. The van der Waals surface area contributed by atoms with Gasteiger partial charge in [-0.3, -0.25) is 14.9 Å². The Morgan fingerprint density at radius 1 is 1.12 bits per heavy atom. The first-order valence-electron chi connectivity index (χ1n) is 9.14. The number of carbonyl (C=O) groups excluding carboxylic acids is 1. The van der Waals surface area contributed by atoms with Crippen LogP contribution in [0.4, 0.5) is 5.69 Å². The minimum absolute atomic E-state index is 0.000353. The van der Waals surface area contributed by atoms with E-state index in [0.29, 0.717) is 17.2 Å². The molecule has 0 spiro atoms. The number of hydrogen-bond donors (Lipinski definition) is 2. The number of aromatic amines is 1. The molecular weight excluding hydrogens is 420 g/mol. The predicted molar refractivity (Wildman–Crippen MR) is 113 cm³/mol. The summed E-state index contributed by atoms with van der Waals surface area (Å²) >= 11 is 0. The lowest BCUT2D eigenvalue weighted by Crippen LogP contribution is -2.15. The van der Waals surface area contributed by atoms with E-state index in [-0.39, 0.29) is 33.9 Å². The molecule has 0 fully saturated rings. The Labute approximate surface area is 179 Å². The molecule has 0 aliphatic carbocycles. The molecule has 2 aromatic heterocycles. The molecule has 2 aromatic carbocycles. The Hall–Kier alpha value is -4.74. The second kappa shape index (κ2) is 7.83. The molecule has 0 unspecified atom stereocenters. The second-order valence-electron chi connectivity index (χ2n) is 6.54. The standard InChI is InChI=1S/C20H16N6O6/c1-31-13-8-7-10(9-14(13)32-2)25-19-16(23-20(25)28)15(17(21)27)22-18(24-19)11-5-3-4-6-12(11)26(29)30/h3-9H,1-2H3,(H2,21,27)(H,23,28). The third-order valence-corrected chi connectivity index (χ3v) is 4.74. The zero-order chi connectivity index (χ0) is 23.0. The molecule has 1 amide bonds. The number of hydrogen-bond acceptors (Lipinski definition) is 8. The van der Waals surface area contributed by atoms with Crippen LogP contribution in [0.2, 0.25) is 0 Å². The number of H-pyrrole nitrogens is 1. The molecule has 2 heterocycles. The van der Waals surface area contributed by atoms with E-state index in [0.717, 1.165) is 0 Å². The third kappa shape index (κ3) is 3.29. The molecule has 12 nitrogen and oxygen atoms in total. The molecule has 0 radical (unpaired) electrons. The monoisotopic (exact) mass is 436 g/mol. The molecule has 0 atom stereocenters. The van der Waals surface area contributed by atoms with Gasteiger partial charge in [0.15, 0.2) is 28.7 Å². The number of rotatable bonds is 6. The van der Waals surface area contributed by atoms with Crippen LogP contribution in [-0.4, -0.2) is 44.6 Å². The van der Waals surface area contributed by atoms with Gasteiger partial charge in [0.05, 0.1) is 30.4 Å². The third-order valence-electron chi connectivity index (χ3n) is 4.74. The van der Waals surface area contributed by atoms with Crippen molar-refractivity contribution in [2.75, 3.05) is 14.2 Å². The number of ether oxygens (including phenoxy) is 2. The van der Waals surface area contributed by atoms with Crippen LogP contribution in [0, 0.1) is 10.1 Å². The van der Waals surface area contributed by atoms with E-state index in [9.17, 15) is 19.7 Å². The molecule has 0 bridgehead atoms. The van der Waals surface area contributed by atoms with Crippen molar-refractivity contribution in [2.24, 2.45) is 5.73 Å². The number of aromatic nitrogens is 4. The molecule has 0 saturated heterocycles. The summed E-state index contributed by atoms with van der Waals surface area (Å²) in [6.45, 7) is 0. The Kier molecular flexibility index (Phi) is 5.02. The molecule has 4 aromatic rings. The van der Waals surface area contributed by atoms with Gasteiger partial charge in [-0.1, -0.05) is 12.1 Å². The fourth-order valence-corrected chi connectivity index (χ4v) is 3.31. The zero-order valence-corrected chi connectivity index (χ0v) is 16.9. The van der Waals surface area contributed by atoms with Gasteiger partial charge in [0.1, 0.15) is 5.52 Å². The topological polar surface area (TPSA) is 168 Å². The van der Waals surface area contributed by atoms with Crippen LogP contribution < -0.4 is 20.9 Å². The van der Waals surface area contributed by atoms with Crippen molar-refractivity contribution >= 4 is 22.8 Å². The second-order valence-corrected chi connectivity index (χ2v) is 6.54. The Bertz CT molecular complexity index is 1440. The quantitative estimate of drug-likeness (QED) is 0.340. The first-order chi connectivity index (χ1) is 15.3. The number of amides is 1. The van der Waals surface area contributed by atoms with E-state index in [1.807, 2.05) is 0 Å². The minimum Gasteiger partial charge on any atom is -0.493 e. The summed E-state index contributed by atoms with van der Waals surface area (Å²) in [6.07, 6.45) is 0. The number of nitro benzene ring substituents is 1. The summed E-state index contributed by atoms with van der Waals surface area (Å²) in [5.74, 6) is -0.267. The van der Waals surface area contributed by atoms with Crippen LogP contribution in [0.15, 0.2) is 47.3 Å². The van der Waals surface area contributed by atoms with E-state index >= 15 is 0 Å². The van der Waals surface area contributed by atoms with E-state index in [1.165, 1.54) is 37.0 Å². The number of nitrogens with zero attached hydrogens (tertiary/aromatic N) is 4. The normalized spacial score (nSPS) is 10.8. The van der Waals surface area contributed by atoms with Crippen molar-refractivity contribution in [1.29, 1.82) is 0 Å². The molecule has 0 aliphatic rings. The minimum atomic E-state index is -0.932. The van der Waals surface area contributed by atoms with Crippen LogP contribution in [-0.2, 0) is 0 Å². The number of nitro groups is 1. The average Bonchev–Trinajstić information content (AvgIpc) is 3.13. The van der Waals surface area contributed by atoms with E-state index in [2.05, 4.69) is 15.0 Å². The SMILES string of the molecule is COc1ccc(-n2c(=O)[nH]c3c(C(N)=O)nc(-c4ccccc4[N+](=O)[O-])nc32)cc1OC. The smallest absolute Gasteiger partial charge is 0.332 e. The lowest BCUT2D eigenvalue weighted by atomic mass is 10.1. The summed E-state index contributed by atoms with van der Waals surface area (Å²) in [7, 11) is 2.92. The van der Waals surface area contributed by atoms with Crippen molar-refractivity contribution in [3.8, 4) is 28.6 Å². The molecule has 3 N–H and O–H groups in total. The van der Waals surface area contributed by atoms with Crippen LogP contribution in [0.25, 0.3) is 28.2 Å². The summed E-state index contributed by atoms with van der Waals surface area (Å²) in [4.78, 5) is 46.8. The first kappa shape index (κ1) is 20.5. The highest BCUT2D eigenvalue weighted by molar-refractivity contribution is 6.02. The van der Waals surface area contributed by atoms with Gasteiger partial charge in [0, 0.05) is 12.1 Å². The summed E-state index contributed by atoms with van der Waals surface area (Å²) in [5, 5.41) is 11.5. The number of para-hydroxylation sites is 1. The number of benzene rings is 2. The highest BCUT2D eigenvalue weighted by Crippen LogP contribution is 2.31. The zero-order valence-electron chi connectivity index (χ0n) is 16.9. The molecule has 0 saturated carbocycles. The number of nitrogens with one attached hydrogen (secondary N) is 1. The maximum atomic E-state index is 12.8. The highest BCUT2D eigenvalue weighted by atomic mass is 16.6. The Balaban J connectivity index is 2.06. The van der Waals surface area contributed by atoms with Gasteiger partial charge < -0.3 is 20.2 Å². The van der Waals surface area contributed by atoms with Crippen molar-refractivity contribution in [2.45, 2.75) is 0 Å². The van der Waals surface area contributed by atoms with Crippen molar-refractivity contribution < 1.29 is 19.2 Å². The lowest BCUT2D eigenvalue weighted by molar-refractivity contribution is -0.384. The first-order valence-corrected chi connectivity index (χ1v) is 9.14. The van der Waals surface area contributed by atoms with E-state index in [4.69, 9.17) is 15.2 Å². The van der Waals surface area contributed by atoms with Crippen LogP contribution in [0.5, 0.6) is 11.5 Å². The van der Waals surface area contributed by atoms with Gasteiger partial charge in [-0.25, -0.2) is 19.3 Å². The van der Waals surface area contributed by atoms with Gasteiger partial charge in [-0.2, -0.15) is 0 Å². The fraction of sp³-hybridized carbons (Fsp3) is 0.100. The average molecular weight is 436 g/mol. The van der Waals surface area contributed by atoms with Crippen molar-refractivity contribution in [3.63, 3.8) is 0 Å². The number of carbonyl (C=O) groups is 1. The van der Waals surface area contributed by atoms with Crippen molar-refractivity contribution in [3.05, 3.63) is 68.8 Å². The number of primary amides is 1. The number of fused-ring (bicyclic) bond motifs is 1. The maximum absolute atomic E-state index is 12.8. The summed E-state index contributed by atoms with van der Waals surface area (Å²) in [5.41, 5.74) is 4.74. The van der Waals surface area contributed by atoms with Crippen molar-refractivity contribution in [1.82, 2.24) is 19.5 Å². The number of methoxy groups -OCH3 is 2. The van der Waals surface area contributed by atoms with Crippen LogP contribution in [0.3, 0.4) is 0 Å². The summed E-state index contributed by atoms with van der Waals surface area (Å²) in [6, 6.07) is 10.5. The molecule has 0 aliphatic heterocycles. The highest BCUT2D eigenvalue weighted by Gasteiger charge is 2.24. The van der Waals surface area contributed by atoms with Gasteiger partial charge in [0.2, 0.25) is 0 Å². The summed E-state index contributed by atoms with van der Waals surface area (Å²) < 4.78 is 11.7. The van der Waals surface area contributed by atoms with Gasteiger partial charge in [-0.05, 0) is 18.2 Å². The number of imidazole rings is 1. The van der Waals surface area contributed by atoms with Gasteiger partial charge in [-0.15, -0.1) is 0 Å². The molecule has 4 rings (SSSR count). The van der Waals surface area contributed by atoms with E-state index in [1.54, 1.807) is 24.3 Å². The Morgan fingerprint density at radius 2 is 1.84 bits per heavy atom. The predicted octanol–water partition coefficient (Wildman–Crippen LogP) is 1.80. The fourth-order valence-electron chi connectivity index (χ4n) is 3.31. The van der Waals surface area contributed by atoms with Crippen LogP contribution in [0.1, 0.15) is 10.5 Å². The van der Waals surface area contributed by atoms with E-state index < -0.39 is 16.5 Å². The number of nitrogens with two attached hydrogens (primary N) is 1.